The summed E-state index contributed by atoms with van der Waals surface area (Å²) in [5.74, 6) is 0.472. The zero-order valence-corrected chi connectivity index (χ0v) is 10.0. The van der Waals surface area contributed by atoms with Crippen LogP contribution in [0.2, 0.25) is 0 Å². The number of urea groups is 1. The van der Waals surface area contributed by atoms with Gasteiger partial charge < -0.3 is 5.32 Å². The third-order valence-corrected chi connectivity index (χ3v) is 3.08. The number of amides is 2. The van der Waals surface area contributed by atoms with Crippen molar-refractivity contribution in [1.82, 2.24) is 5.32 Å². The highest BCUT2D eigenvalue weighted by Crippen LogP contribution is 2.21. The molecule has 1 saturated heterocycles. The maximum Gasteiger partial charge on any atom is 0.322 e. The van der Waals surface area contributed by atoms with E-state index in [2.05, 4.69) is 19.2 Å². The number of rotatable bonds is 2. The Kier molecular flexibility index (Phi) is 2.86. The fourth-order valence-electron chi connectivity index (χ4n) is 1.89. The quantitative estimate of drug-likeness (QED) is 0.813. The molecule has 0 aliphatic carbocycles. The van der Waals surface area contributed by atoms with E-state index in [0.717, 1.165) is 12.2 Å². The van der Waals surface area contributed by atoms with Gasteiger partial charge in [-0.25, -0.2) is 4.79 Å². The highest BCUT2D eigenvalue weighted by atomic mass is 16.2. The van der Waals surface area contributed by atoms with Gasteiger partial charge in [0.15, 0.2) is 0 Å². The van der Waals surface area contributed by atoms with Crippen LogP contribution in [0.1, 0.15) is 19.4 Å². The molecule has 2 rings (SSSR count). The standard InChI is InChI=1S/C13H18N2O/c1-9(2)12-8-15(13(16)14-12)11-6-4-10(3)5-7-11/h4-7,9,12H,8H2,1-3H3,(H,14,16)/t12-/m1/s1. The first kappa shape index (κ1) is 11.0. The number of nitrogens with zero attached hydrogens (tertiary/aromatic N) is 1. The van der Waals surface area contributed by atoms with Gasteiger partial charge in [0.2, 0.25) is 0 Å². The smallest absolute Gasteiger partial charge is 0.322 e. The van der Waals surface area contributed by atoms with Gasteiger partial charge in [0.25, 0.3) is 0 Å². The van der Waals surface area contributed by atoms with Crippen molar-refractivity contribution < 1.29 is 4.79 Å². The summed E-state index contributed by atoms with van der Waals surface area (Å²) in [6, 6.07) is 8.34. The number of benzene rings is 1. The summed E-state index contributed by atoms with van der Waals surface area (Å²) >= 11 is 0. The van der Waals surface area contributed by atoms with E-state index in [1.54, 1.807) is 0 Å². The summed E-state index contributed by atoms with van der Waals surface area (Å²) in [4.78, 5) is 13.6. The molecule has 86 valence electrons. The fraction of sp³-hybridized carbons (Fsp3) is 0.462. The third kappa shape index (κ3) is 2.03. The highest BCUT2D eigenvalue weighted by Gasteiger charge is 2.31. The lowest BCUT2D eigenvalue weighted by atomic mass is 10.1. The van der Waals surface area contributed by atoms with E-state index in [9.17, 15) is 4.79 Å². The number of hydrogen-bond donors (Lipinski definition) is 1. The Labute approximate surface area is 96.5 Å². The molecule has 1 aliphatic heterocycles. The first-order chi connectivity index (χ1) is 7.58. The number of anilines is 1. The summed E-state index contributed by atoms with van der Waals surface area (Å²) in [5.41, 5.74) is 2.19. The maximum absolute atomic E-state index is 11.8. The second-order valence-corrected chi connectivity index (χ2v) is 4.75. The number of carbonyl (C=O) groups excluding carboxylic acids is 1. The second kappa shape index (κ2) is 4.16. The molecular formula is C13H18N2O. The van der Waals surface area contributed by atoms with Crippen LogP contribution < -0.4 is 10.2 Å². The lowest BCUT2D eigenvalue weighted by molar-refractivity contribution is 0.249. The summed E-state index contributed by atoms with van der Waals surface area (Å²) in [6.45, 7) is 7.07. The lowest BCUT2D eigenvalue weighted by Crippen LogP contribution is -2.31. The number of nitrogens with one attached hydrogen (secondary N) is 1. The Bertz CT molecular complexity index is 383. The SMILES string of the molecule is Cc1ccc(N2C[C@H](C(C)C)NC2=O)cc1. The number of aryl methyl sites for hydroxylation is 1. The third-order valence-electron chi connectivity index (χ3n) is 3.08. The van der Waals surface area contributed by atoms with Gasteiger partial charge in [-0.05, 0) is 25.0 Å². The van der Waals surface area contributed by atoms with Crippen LogP contribution in [0.5, 0.6) is 0 Å². The molecule has 1 fully saturated rings. The van der Waals surface area contributed by atoms with Gasteiger partial charge in [-0.2, -0.15) is 0 Å². The summed E-state index contributed by atoms with van der Waals surface area (Å²) in [6.07, 6.45) is 0. The lowest BCUT2D eigenvalue weighted by Gasteiger charge is -2.16. The topological polar surface area (TPSA) is 32.3 Å². The van der Waals surface area contributed by atoms with Crippen LogP contribution in [0.25, 0.3) is 0 Å². The molecule has 0 aromatic heterocycles. The second-order valence-electron chi connectivity index (χ2n) is 4.75. The van der Waals surface area contributed by atoms with Gasteiger partial charge in [0.1, 0.15) is 0 Å². The molecule has 2 amide bonds. The van der Waals surface area contributed by atoms with Crippen molar-refractivity contribution in [3.8, 4) is 0 Å². The highest BCUT2D eigenvalue weighted by molar-refractivity contribution is 5.94. The van der Waals surface area contributed by atoms with Crippen molar-refractivity contribution >= 4 is 11.7 Å². The molecule has 3 nitrogen and oxygen atoms in total. The van der Waals surface area contributed by atoms with E-state index in [1.165, 1.54) is 5.56 Å². The van der Waals surface area contributed by atoms with E-state index in [4.69, 9.17) is 0 Å². The van der Waals surface area contributed by atoms with Gasteiger partial charge in [-0.1, -0.05) is 31.5 Å². The van der Waals surface area contributed by atoms with Crippen molar-refractivity contribution in [1.29, 1.82) is 0 Å². The van der Waals surface area contributed by atoms with Crippen molar-refractivity contribution in [2.75, 3.05) is 11.4 Å². The molecule has 0 radical (unpaired) electrons. The molecule has 1 aromatic carbocycles. The summed E-state index contributed by atoms with van der Waals surface area (Å²) < 4.78 is 0. The molecule has 3 heteroatoms. The zero-order valence-electron chi connectivity index (χ0n) is 10.0. The van der Waals surface area contributed by atoms with Gasteiger partial charge in [-0.15, -0.1) is 0 Å². The Balaban J connectivity index is 2.16. The van der Waals surface area contributed by atoms with E-state index in [-0.39, 0.29) is 12.1 Å². The number of hydrogen-bond acceptors (Lipinski definition) is 1. The first-order valence-corrected chi connectivity index (χ1v) is 5.72. The van der Waals surface area contributed by atoms with Crippen LogP contribution in [0, 0.1) is 12.8 Å². The van der Waals surface area contributed by atoms with Gasteiger partial charge in [0, 0.05) is 12.2 Å². The van der Waals surface area contributed by atoms with Crippen LogP contribution >= 0.6 is 0 Å². The summed E-state index contributed by atoms with van der Waals surface area (Å²) in [7, 11) is 0. The molecular weight excluding hydrogens is 200 g/mol. The molecule has 1 aliphatic rings. The normalized spacial score (nSPS) is 20.4. The average Bonchev–Trinajstić information content (AvgIpc) is 2.62. The van der Waals surface area contributed by atoms with Crippen LogP contribution in [0.15, 0.2) is 24.3 Å². The van der Waals surface area contributed by atoms with Gasteiger partial charge in [0.05, 0.1) is 6.04 Å². The van der Waals surface area contributed by atoms with E-state index in [0.29, 0.717) is 5.92 Å². The predicted molar refractivity (Wildman–Crippen MR) is 65.7 cm³/mol. The van der Waals surface area contributed by atoms with Crippen LogP contribution in [0.4, 0.5) is 10.5 Å². The van der Waals surface area contributed by atoms with E-state index in [1.807, 2.05) is 36.1 Å². The minimum atomic E-state index is 0.0163. The molecule has 0 saturated carbocycles. The van der Waals surface area contributed by atoms with Crippen LogP contribution in [-0.4, -0.2) is 18.6 Å². The Morgan fingerprint density at radius 1 is 1.31 bits per heavy atom. The monoisotopic (exact) mass is 218 g/mol. The fourth-order valence-corrected chi connectivity index (χ4v) is 1.89. The number of carbonyl (C=O) groups is 1. The molecule has 1 atom stereocenters. The largest absolute Gasteiger partial charge is 0.333 e. The Morgan fingerprint density at radius 3 is 2.44 bits per heavy atom. The van der Waals surface area contributed by atoms with E-state index >= 15 is 0 Å². The van der Waals surface area contributed by atoms with Crippen LogP contribution in [-0.2, 0) is 0 Å². The molecule has 0 bridgehead atoms. The average molecular weight is 218 g/mol. The molecule has 0 spiro atoms. The maximum atomic E-state index is 11.8. The predicted octanol–water partition coefficient (Wildman–Crippen LogP) is 2.55. The first-order valence-electron chi connectivity index (χ1n) is 5.72. The van der Waals surface area contributed by atoms with Crippen molar-refractivity contribution in [3.63, 3.8) is 0 Å². The van der Waals surface area contributed by atoms with E-state index < -0.39 is 0 Å². The molecule has 1 N–H and O–H groups in total. The Hall–Kier alpha value is -1.51. The summed E-state index contributed by atoms with van der Waals surface area (Å²) in [5, 5.41) is 3.00. The molecule has 1 aromatic rings. The Morgan fingerprint density at radius 2 is 1.94 bits per heavy atom. The van der Waals surface area contributed by atoms with Gasteiger partial charge >= 0.3 is 6.03 Å². The molecule has 1 heterocycles. The molecule has 16 heavy (non-hydrogen) atoms. The van der Waals surface area contributed by atoms with Crippen LogP contribution in [0.3, 0.4) is 0 Å². The van der Waals surface area contributed by atoms with Crippen molar-refractivity contribution in [2.45, 2.75) is 26.8 Å². The van der Waals surface area contributed by atoms with Gasteiger partial charge in [-0.3, -0.25) is 4.90 Å². The molecule has 0 unspecified atom stereocenters. The minimum absolute atomic E-state index is 0.0163. The zero-order chi connectivity index (χ0) is 11.7. The van der Waals surface area contributed by atoms with Crippen molar-refractivity contribution in [2.24, 2.45) is 5.92 Å². The van der Waals surface area contributed by atoms with Crippen molar-refractivity contribution in [3.05, 3.63) is 29.8 Å². The minimum Gasteiger partial charge on any atom is -0.333 e.